The zero-order valence-electron chi connectivity index (χ0n) is 10.5. The molecule has 0 aliphatic carbocycles. The van der Waals surface area contributed by atoms with Crippen LogP contribution < -0.4 is 10.6 Å². The molecule has 1 amide bonds. The molecule has 1 saturated heterocycles. The molecule has 3 rings (SSSR count). The number of nitrogens with one attached hydrogen (secondary N) is 2. The highest BCUT2D eigenvalue weighted by Gasteiger charge is 2.40. The van der Waals surface area contributed by atoms with Crippen molar-refractivity contribution in [3.63, 3.8) is 0 Å². The van der Waals surface area contributed by atoms with Gasteiger partial charge in [-0.2, -0.15) is 0 Å². The fourth-order valence-corrected chi connectivity index (χ4v) is 3.02. The molecule has 3 heterocycles. The SMILES string of the molecule is CON1C=C2CC(=O)NC(C)C2C2=CC=CNC21. The summed E-state index contributed by atoms with van der Waals surface area (Å²) in [5, 5.41) is 8.06. The maximum atomic E-state index is 11.6. The van der Waals surface area contributed by atoms with E-state index in [4.69, 9.17) is 4.84 Å². The Hall–Kier alpha value is -1.75. The highest BCUT2D eigenvalue weighted by Crippen LogP contribution is 2.38. The third-order valence-electron chi connectivity index (χ3n) is 3.73. The summed E-state index contributed by atoms with van der Waals surface area (Å²) < 4.78 is 0. The van der Waals surface area contributed by atoms with Crippen molar-refractivity contribution in [1.82, 2.24) is 15.7 Å². The summed E-state index contributed by atoms with van der Waals surface area (Å²) in [6.07, 6.45) is 8.43. The second-order valence-corrected chi connectivity index (χ2v) is 4.85. The first kappa shape index (κ1) is 11.3. The number of carbonyl (C=O) groups excluding carboxylic acids is 1. The molecule has 0 saturated carbocycles. The molecule has 18 heavy (non-hydrogen) atoms. The summed E-state index contributed by atoms with van der Waals surface area (Å²) >= 11 is 0. The Balaban J connectivity index is 2.03. The van der Waals surface area contributed by atoms with Gasteiger partial charge in [0.25, 0.3) is 0 Å². The van der Waals surface area contributed by atoms with Gasteiger partial charge in [0, 0.05) is 18.2 Å². The molecule has 96 valence electrons. The van der Waals surface area contributed by atoms with Crippen LogP contribution in [0.15, 0.2) is 35.7 Å². The van der Waals surface area contributed by atoms with Crippen molar-refractivity contribution >= 4 is 5.91 Å². The first-order valence-electron chi connectivity index (χ1n) is 6.16. The predicted molar refractivity (Wildman–Crippen MR) is 66.8 cm³/mol. The van der Waals surface area contributed by atoms with Crippen LogP contribution in [0.2, 0.25) is 0 Å². The van der Waals surface area contributed by atoms with Gasteiger partial charge in [-0.1, -0.05) is 6.08 Å². The smallest absolute Gasteiger partial charge is 0.224 e. The molecular weight excluding hydrogens is 230 g/mol. The molecule has 3 atom stereocenters. The number of dihydropyridines is 1. The lowest BCUT2D eigenvalue weighted by Gasteiger charge is -2.45. The molecule has 3 aliphatic rings. The van der Waals surface area contributed by atoms with Crippen LogP contribution in [-0.2, 0) is 9.63 Å². The standard InChI is InChI=1S/C13H17N3O2/c1-8-12-9(6-11(17)15-8)7-16(18-2)13-10(12)4-3-5-14-13/h3-5,7-8,12-14H,6H2,1-2H3,(H,15,17). The van der Waals surface area contributed by atoms with E-state index < -0.39 is 0 Å². The van der Waals surface area contributed by atoms with Crippen LogP contribution in [0.1, 0.15) is 13.3 Å². The third-order valence-corrected chi connectivity index (χ3v) is 3.73. The second kappa shape index (κ2) is 4.17. The minimum atomic E-state index is 0.0196. The summed E-state index contributed by atoms with van der Waals surface area (Å²) in [5.41, 5.74) is 2.36. The fraction of sp³-hybridized carbons (Fsp3) is 0.462. The number of hydrogen-bond donors (Lipinski definition) is 2. The first-order valence-corrected chi connectivity index (χ1v) is 6.16. The maximum Gasteiger partial charge on any atom is 0.224 e. The van der Waals surface area contributed by atoms with Gasteiger partial charge in [0.15, 0.2) is 0 Å². The molecule has 5 heteroatoms. The molecule has 5 nitrogen and oxygen atoms in total. The number of amides is 1. The average Bonchev–Trinajstić information content (AvgIpc) is 2.36. The Morgan fingerprint density at radius 1 is 1.50 bits per heavy atom. The van der Waals surface area contributed by atoms with Crippen molar-refractivity contribution in [2.24, 2.45) is 5.92 Å². The number of carbonyl (C=O) groups is 1. The predicted octanol–water partition coefficient (Wildman–Crippen LogP) is 0.641. The van der Waals surface area contributed by atoms with Crippen molar-refractivity contribution < 1.29 is 9.63 Å². The van der Waals surface area contributed by atoms with Crippen LogP contribution in [0.4, 0.5) is 0 Å². The monoisotopic (exact) mass is 247 g/mol. The zero-order valence-corrected chi connectivity index (χ0v) is 10.5. The molecular formula is C13H17N3O2. The van der Waals surface area contributed by atoms with Crippen LogP contribution in [0.25, 0.3) is 0 Å². The maximum absolute atomic E-state index is 11.6. The van der Waals surface area contributed by atoms with Crippen molar-refractivity contribution in [3.05, 3.63) is 35.7 Å². The molecule has 0 aromatic carbocycles. The van der Waals surface area contributed by atoms with Gasteiger partial charge in [-0.05, 0) is 30.3 Å². The normalized spacial score (nSPS) is 33.8. The lowest BCUT2D eigenvalue weighted by molar-refractivity contribution is -0.129. The van der Waals surface area contributed by atoms with E-state index in [1.54, 1.807) is 12.2 Å². The first-order chi connectivity index (χ1) is 8.70. The van der Waals surface area contributed by atoms with Crippen LogP contribution in [0.5, 0.6) is 0 Å². The lowest BCUT2D eigenvalue weighted by Crippen LogP contribution is -2.54. The summed E-state index contributed by atoms with van der Waals surface area (Å²) in [5.74, 6) is 0.343. The van der Waals surface area contributed by atoms with E-state index >= 15 is 0 Å². The van der Waals surface area contributed by atoms with Crippen LogP contribution in [-0.4, -0.2) is 30.3 Å². The number of piperidine rings is 1. The molecule has 0 aromatic heterocycles. The summed E-state index contributed by atoms with van der Waals surface area (Å²) in [7, 11) is 1.64. The number of nitrogens with zero attached hydrogens (tertiary/aromatic N) is 1. The van der Waals surface area contributed by atoms with Crippen LogP contribution in [0, 0.1) is 5.92 Å². The minimum Gasteiger partial charge on any atom is -0.366 e. The van der Waals surface area contributed by atoms with E-state index in [-0.39, 0.29) is 24.0 Å². The Bertz CT molecular complexity index is 467. The van der Waals surface area contributed by atoms with E-state index in [0.29, 0.717) is 6.42 Å². The van der Waals surface area contributed by atoms with Gasteiger partial charge in [-0.15, -0.1) is 0 Å². The van der Waals surface area contributed by atoms with Gasteiger partial charge in [-0.25, -0.2) is 5.06 Å². The molecule has 0 bridgehead atoms. The molecule has 2 N–H and O–H groups in total. The van der Waals surface area contributed by atoms with Gasteiger partial charge in [0.2, 0.25) is 5.91 Å². The second-order valence-electron chi connectivity index (χ2n) is 4.85. The number of hydroxylamine groups is 2. The number of rotatable bonds is 1. The van der Waals surface area contributed by atoms with E-state index in [1.807, 2.05) is 25.4 Å². The average molecular weight is 247 g/mol. The Morgan fingerprint density at radius 2 is 2.33 bits per heavy atom. The number of fused-ring (bicyclic) bond motifs is 3. The van der Waals surface area contributed by atoms with Crippen molar-refractivity contribution in [3.8, 4) is 0 Å². The highest BCUT2D eigenvalue weighted by atomic mass is 16.7. The molecule has 3 unspecified atom stereocenters. The van der Waals surface area contributed by atoms with Crippen LogP contribution >= 0.6 is 0 Å². The van der Waals surface area contributed by atoms with Gasteiger partial charge >= 0.3 is 0 Å². The van der Waals surface area contributed by atoms with Gasteiger partial charge < -0.3 is 10.6 Å². The molecule has 0 radical (unpaired) electrons. The summed E-state index contributed by atoms with van der Waals surface area (Å²) in [6.45, 7) is 2.05. The fourth-order valence-electron chi connectivity index (χ4n) is 3.02. The van der Waals surface area contributed by atoms with E-state index in [0.717, 1.165) is 5.57 Å². The quantitative estimate of drug-likeness (QED) is 0.714. The minimum absolute atomic E-state index is 0.0196. The van der Waals surface area contributed by atoms with Crippen molar-refractivity contribution in [2.45, 2.75) is 25.6 Å². The summed E-state index contributed by atoms with van der Waals surface area (Å²) in [4.78, 5) is 17.0. The highest BCUT2D eigenvalue weighted by molar-refractivity contribution is 5.81. The third kappa shape index (κ3) is 1.62. The Kier molecular flexibility index (Phi) is 2.63. The van der Waals surface area contributed by atoms with Gasteiger partial charge in [-0.3, -0.25) is 9.63 Å². The van der Waals surface area contributed by atoms with Gasteiger partial charge in [0.05, 0.1) is 13.5 Å². The van der Waals surface area contributed by atoms with Crippen molar-refractivity contribution in [2.75, 3.05) is 7.11 Å². The lowest BCUT2D eigenvalue weighted by atomic mass is 9.77. The van der Waals surface area contributed by atoms with E-state index in [2.05, 4.69) is 16.7 Å². The Morgan fingerprint density at radius 3 is 3.11 bits per heavy atom. The van der Waals surface area contributed by atoms with Gasteiger partial charge in [0.1, 0.15) is 6.17 Å². The number of hydrogen-bond acceptors (Lipinski definition) is 4. The van der Waals surface area contributed by atoms with E-state index in [9.17, 15) is 4.79 Å². The van der Waals surface area contributed by atoms with Crippen molar-refractivity contribution in [1.29, 1.82) is 0 Å². The number of allylic oxidation sites excluding steroid dienone is 2. The summed E-state index contributed by atoms with van der Waals surface area (Å²) in [6, 6.07) is 0.124. The molecule has 0 spiro atoms. The van der Waals surface area contributed by atoms with Crippen LogP contribution in [0.3, 0.4) is 0 Å². The molecule has 1 fully saturated rings. The molecule has 3 aliphatic heterocycles. The van der Waals surface area contributed by atoms with E-state index in [1.165, 1.54) is 5.57 Å². The molecule has 0 aromatic rings. The largest absolute Gasteiger partial charge is 0.366 e. The topological polar surface area (TPSA) is 53.6 Å². The Labute approximate surface area is 106 Å². The zero-order chi connectivity index (χ0) is 12.7.